The molecule has 1 N–H and O–H groups in total. The smallest absolute Gasteiger partial charge is 0.335 e. The highest BCUT2D eigenvalue weighted by Gasteiger charge is 2.29. The Morgan fingerprint density at radius 3 is 2.76 bits per heavy atom. The van der Waals surface area contributed by atoms with Gasteiger partial charge in [0.05, 0.1) is 17.1 Å². The Hall–Kier alpha value is -1.21. The number of rotatable bonds is 2. The van der Waals surface area contributed by atoms with Gasteiger partial charge in [0.2, 0.25) is 0 Å². The van der Waals surface area contributed by atoms with E-state index in [9.17, 15) is 20.0 Å². The molecule has 6 nitrogen and oxygen atoms in total. The third-order valence-electron chi connectivity index (χ3n) is 2.99. The maximum atomic E-state index is 11.9. The van der Waals surface area contributed by atoms with Crippen molar-refractivity contribution in [2.45, 2.75) is 31.4 Å². The van der Waals surface area contributed by atoms with Crippen LogP contribution in [0.25, 0.3) is 0 Å². The molecule has 0 radical (unpaired) electrons. The number of hydrogen-bond acceptors (Lipinski definition) is 4. The number of aromatic nitrogens is 1. The van der Waals surface area contributed by atoms with E-state index in [-0.39, 0.29) is 6.04 Å². The van der Waals surface area contributed by atoms with Gasteiger partial charge in [0, 0.05) is 16.7 Å². The third-order valence-corrected chi connectivity index (χ3v) is 3.42. The molecule has 1 saturated carbocycles. The molecule has 0 aliphatic heterocycles. The van der Waals surface area contributed by atoms with Gasteiger partial charge in [-0.25, -0.2) is 0 Å². The van der Waals surface area contributed by atoms with Gasteiger partial charge in [0.1, 0.15) is 0 Å². The minimum absolute atomic E-state index is 0.362. The molecular formula is C10H11BrN2O4. The first kappa shape index (κ1) is 12.3. The van der Waals surface area contributed by atoms with Crippen molar-refractivity contribution in [1.82, 2.24) is 4.57 Å². The Morgan fingerprint density at radius 2 is 2.24 bits per heavy atom. The van der Waals surface area contributed by atoms with E-state index in [0.29, 0.717) is 17.3 Å². The lowest BCUT2D eigenvalue weighted by molar-refractivity contribution is -0.386. The topological polar surface area (TPSA) is 85.4 Å². The fourth-order valence-corrected chi connectivity index (χ4v) is 2.61. The van der Waals surface area contributed by atoms with E-state index in [1.54, 1.807) is 0 Å². The lowest BCUT2D eigenvalue weighted by Gasteiger charge is -2.17. The van der Waals surface area contributed by atoms with Gasteiger partial charge in [-0.3, -0.25) is 14.9 Å². The van der Waals surface area contributed by atoms with E-state index in [1.807, 2.05) is 0 Å². The Labute approximate surface area is 105 Å². The quantitative estimate of drug-likeness (QED) is 0.664. The molecule has 0 amide bonds. The molecule has 1 aliphatic carbocycles. The van der Waals surface area contributed by atoms with Crippen LogP contribution in [0.4, 0.5) is 5.69 Å². The molecule has 0 aromatic carbocycles. The number of pyridine rings is 1. The van der Waals surface area contributed by atoms with Gasteiger partial charge in [-0.15, -0.1) is 0 Å². The van der Waals surface area contributed by atoms with E-state index >= 15 is 0 Å². The van der Waals surface area contributed by atoms with Crippen LogP contribution in [-0.2, 0) is 0 Å². The lowest BCUT2D eigenvalue weighted by atomic mass is 10.2. The van der Waals surface area contributed by atoms with Gasteiger partial charge in [-0.1, -0.05) is 0 Å². The molecule has 0 spiro atoms. The van der Waals surface area contributed by atoms with Gasteiger partial charge in [0.25, 0.3) is 0 Å². The summed E-state index contributed by atoms with van der Waals surface area (Å²) >= 11 is 3.14. The van der Waals surface area contributed by atoms with Crippen LogP contribution < -0.4 is 5.56 Å². The second-order valence-corrected chi connectivity index (χ2v) is 4.99. The highest BCUT2D eigenvalue weighted by Crippen LogP contribution is 2.30. The maximum Gasteiger partial charge on any atom is 0.335 e. The number of halogens is 1. The van der Waals surface area contributed by atoms with Crippen LogP contribution in [0.5, 0.6) is 0 Å². The minimum atomic E-state index is -0.703. The van der Waals surface area contributed by atoms with Crippen LogP contribution >= 0.6 is 15.9 Å². The van der Waals surface area contributed by atoms with Gasteiger partial charge >= 0.3 is 11.2 Å². The molecule has 1 aliphatic rings. The molecule has 1 aromatic heterocycles. The predicted octanol–water partition coefficient (Wildman–Crippen LogP) is 1.60. The first-order chi connectivity index (χ1) is 8.00. The van der Waals surface area contributed by atoms with Crippen molar-refractivity contribution in [3.8, 4) is 0 Å². The summed E-state index contributed by atoms with van der Waals surface area (Å²) < 4.78 is 1.72. The van der Waals surface area contributed by atoms with Crippen LogP contribution in [0.2, 0.25) is 0 Å². The largest absolute Gasteiger partial charge is 0.391 e. The van der Waals surface area contributed by atoms with Gasteiger partial charge in [-0.05, 0) is 35.2 Å². The molecule has 1 heterocycles. The summed E-state index contributed by atoms with van der Waals surface area (Å²) in [6.45, 7) is 0. The van der Waals surface area contributed by atoms with Crippen molar-refractivity contribution < 1.29 is 10.0 Å². The van der Waals surface area contributed by atoms with E-state index in [0.717, 1.165) is 6.42 Å². The van der Waals surface area contributed by atoms with Gasteiger partial charge < -0.3 is 9.67 Å². The van der Waals surface area contributed by atoms with Gasteiger partial charge in [0.15, 0.2) is 0 Å². The molecule has 7 heteroatoms. The Bertz CT molecular complexity index is 514. The fourth-order valence-electron chi connectivity index (χ4n) is 2.18. The van der Waals surface area contributed by atoms with Crippen molar-refractivity contribution in [2.24, 2.45) is 0 Å². The highest BCUT2D eigenvalue weighted by molar-refractivity contribution is 9.10. The van der Waals surface area contributed by atoms with Crippen LogP contribution in [0, 0.1) is 10.1 Å². The molecule has 1 fully saturated rings. The zero-order valence-corrected chi connectivity index (χ0v) is 10.5. The summed E-state index contributed by atoms with van der Waals surface area (Å²) in [6, 6.07) is 0.818. The summed E-state index contributed by atoms with van der Waals surface area (Å²) in [5.74, 6) is 0. The van der Waals surface area contributed by atoms with Crippen molar-refractivity contribution in [2.75, 3.05) is 0 Å². The van der Waals surface area contributed by atoms with Gasteiger partial charge in [-0.2, -0.15) is 0 Å². The van der Waals surface area contributed by atoms with Crippen molar-refractivity contribution in [3.63, 3.8) is 0 Å². The van der Waals surface area contributed by atoms with Crippen molar-refractivity contribution in [1.29, 1.82) is 0 Å². The summed E-state index contributed by atoms with van der Waals surface area (Å²) in [7, 11) is 0. The second-order valence-electron chi connectivity index (χ2n) is 4.08. The van der Waals surface area contributed by atoms with E-state index in [1.165, 1.54) is 16.8 Å². The highest BCUT2D eigenvalue weighted by atomic mass is 79.9. The molecule has 1 aromatic rings. The molecule has 2 atom stereocenters. The average Bonchev–Trinajstić information content (AvgIpc) is 2.67. The standard InChI is InChI=1S/C10H11BrN2O4/c11-6-4-8(13(16)17)10(15)12(5-6)7-2-1-3-9(7)14/h4-5,7,9,14H,1-3H2/t7-,9-/m0/s1. The summed E-state index contributed by atoms with van der Waals surface area (Å²) in [6.07, 6.45) is 2.99. The summed E-state index contributed by atoms with van der Waals surface area (Å²) in [5, 5.41) is 20.5. The number of aliphatic hydroxyl groups is 1. The third kappa shape index (κ3) is 2.25. The van der Waals surface area contributed by atoms with E-state index < -0.39 is 22.3 Å². The molecule has 0 bridgehead atoms. The first-order valence-corrected chi connectivity index (χ1v) is 6.04. The molecule has 17 heavy (non-hydrogen) atoms. The molecular weight excluding hydrogens is 292 g/mol. The Kier molecular flexibility index (Phi) is 3.30. The first-order valence-electron chi connectivity index (χ1n) is 5.25. The fraction of sp³-hybridized carbons (Fsp3) is 0.500. The van der Waals surface area contributed by atoms with Crippen LogP contribution in [-0.4, -0.2) is 20.7 Å². The van der Waals surface area contributed by atoms with Crippen LogP contribution in [0.1, 0.15) is 25.3 Å². The van der Waals surface area contributed by atoms with Crippen molar-refractivity contribution in [3.05, 3.63) is 37.2 Å². The molecule has 92 valence electrons. The van der Waals surface area contributed by atoms with E-state index in [2.05, 4.69) is 15.9 Å². The number of aliphatic hydroxyl groups excluding tert-OH is 1. The second kappa shape index (κ2) is 4.58. The Morgan fingerprint density at radius 1 is 1.53 bits per heavy atom. The maximum absolute atomic E-state index is 11.9. The monoisotopic (exact) mass is 302 g/mol. The summed E-state index contributed by atoms with van der Waals surface area (Å²) in [5.41, 5.74) is -1.14. The molecule has 0 saturated heterocycles. The van der Waals surface area contributed by atoms with Crippen LogP contribution in [0.3, 0.4) is 0 Å². The van der Waals surface area contributed by atoms with E-state index in [4.69, 9.17) is 0 Å². The Balaban J connectivity index is 2.54. The number of nitrogens with zero attached hydrogens (tertiary/aromatic N) is 2. The predicted molar refractivity (Wildman–Crippen MR) is 64.0 cm³/mol. The lowest BCUT2D eigenvalue weighted by Crippen LogP contribution is -2.30. The summed E-state index contributed by atoms with van der Waals surface area (Å²) in [4.78, 5) is 21.9. The zero-order valence-electron chi connectivity index (χ0n) is 8.88. The zero-order chi connectivity index (χ0) is 12.6. The average molecular weight is 303 g/mol. The normalized spacial score (nSPS) is 23.9. The SMILES string of the molecule is O=c1c([N+](=O)[O-])cc(Br)cn1[C@H]1CCC[C@@H]1O. The van der Waals surface area contributed by atoms with Crippen molar-refractivity contribution >= 4 is 21.6 Å². The minimum Gasteiger partial charge on any atom is -0.391 e. The van der Waals surface area contributed by atoms with Crippen LogP contribution in [0.15, 0.2) is 21.5 Å². The molecule has 0 unspecified atom stereocenters. The number of hydrogen-bond donors (Lipinski definition) is 1. The number of nitro groups is 1. The molecule has 2 rings (SSSR count).